The Morgan fingerprint density at radius 2 is 2.15 bits per heavy atom. The molecule has 0 bridgehead atoms. The van der Waals surface area contributed by atoms with Gasteiger partial charge in [0.25, 0.3) is 0 Å². The van der Waals surface area contributed by atoms with Crippen LogP contribution in [0.1, 0.15) is 32.8 Å². The van der Waals surface area contributed by atoms with Crippen LogP contribution in [0, 0.1) is 17.0 Å². The molecule has 1 aromatic rings. The van der Waals surface area contributed by atoms with Crippen LogP contribution in [0.15, 0.2) is 18.2 Å². The number of hydrogen-bond acceptors (Lipinski definition) is 2. The van der Waals surface area contributed by atoms with Crippen LogP contribution in [-0.4, -0.2) is 25.3 Å². The Labute approximate surface area is 119 Å². The summed E-state index contributed by atoms with van der Waals surface area (Å²) in [6.45, 7) is 7.61. The fourth-order valence-electron chi connectivity index (χ4n) is 2.82. The molecular weight excluding hydrogens is 260 g/mol. The highest BCUT2D eigenvalue weighted by Gasteiger charge is 2.42. The van der Waals surface area contributed by atoms with Crippen LogP contribution >= 0.6 is 0 Å². The molecule has 1 saturated heterocycles. The van der Waals surface area contributed by atoms with E-state index in [1.807, 2.05) is 6.92 Å². The van der Waals surface area contributed by atoms with Crippen molar-refractivity contribution in [3.8, 4) is 0 Å². The van der Waals surface area contributed by atoms with Crippen molar-refractivity contribution in [3.63, 3.8) is 0 Å². The van der Waals surface area contributed by atoms with Crippen LogP contribution in [0.4, 0.5) is 8.78 Å². The molecule has 1 heterocycles. The second-order valence-corrected chi connectivity index (χ2v) is 6.05. The van der Waals surface area contributed by atoms with Gasteiger partial charge in [0, 0.05) is 24.6 Å². The molecule has 0 radical (unpaired) electrons. The van der Waals surface area contributed by atoms with E-state index in [4.69, 9.17) is 4.74 Å². The number of benzene rings is 1. The summed E-state index contributed by atoms with van der Waals surface area (Å²) in [5.74, 6) is -1.50. The van der Waals surface area contributed by atoms with Crippen molar-refractivity contribution in [2.45, 2.75) is 45.8 Å². The highest BCUT2D eigenvalue weighted by Crippen LogP contribution is 2.38. The van der Waals surface area contributed by atoms with E-state index in [1.54, 1.807) is 12.1 Å². The molecule has 1 aromatic carbocycles. The van der Waals surface area contributed by atoms with E-state index >= 15 is 0 Å². The molecule has 112 valence electrons. The van der Waals surface area contributed by atoms with Gasteiger partial charge in [0.15, 0.2) is 11.6 Å². The van der Waals surface area contributed by atoms with Crippen molar-refractivity contribution in [2.75, 3.05) is 13.2 Å². The summed E-state index contributed by atoms with van der Waals surface area (Å²) in [5.41, 5.74) is 0.270. The molecule has 0 saturated carbocycles. The molecule has 0 spiro atoms. The van der Waals surface area contributed by atoms with E-state index in [-0.39, 0.29) is 11.5 Å². The fourth-order valence-corrected chi connectivity index (χ4v) is 2.82. The summed E-state index contributed by atoms with van der Waals surface area (Å²) in [4.78, 5) is 0. The first-order valence-electron chi connectivity index (χ1n) is 7.22. The second-order valence-electron chi connectivity index (χ2n) is 6.05. The summed E-state index contributed by atoms with van der Waals surface area (Å²) < 4.78 is 33.0. The lowest BCUT2D eigenvalue weighted by Crippen LogP contribution is -2.43. The standard InChI is InChI=1S/C16H23F2NO/c1-11(2)19-10-16(7-8-20-12(16)3)9-13-5-4-6-14(17)15(13)18/h4-6,11-12,19H,7-10H2,1-3H3. The Bertz CT molecular complexity index is 464. The molecule has 1 N–H and O–H groups in total. The van der Waals surface area contributed by atoms with Gasteiger partial charge >= 0.3 is 0 Å². The normalized spacial score (nSPS) is 26.4. The van der Waals surface area contributed by atoms with Gasteiger partial charge in [-0.1, -0.05) is 26.0 Å². The van der Waals surface area contributed by atoms with Crippen molar-refractivity contribution in [1.82, 2.24) is 5.32 Å². The van der Waals surface area contributed by atoms with Crippen molar-refractivity contribution in [1.29, 1.82) is 0 Å². The summed E-state index contributed by atoms with van der Waals surface area (Å²) in [6, 6.07) is 4.75. The maximum Gasteiger partial charge on any atom is 0.162 e. The number of rotatable bonds is 5. The van der Waals surface area contributed by atoms with Gasteiger partial charge < -0.3 is 10.1 Å². The van der Waals surface area contributed by atoms with Crippen LogP contribution in [0.5, 0.6) is 0 Å². The molecule has 0 aliphatic carbocycles. The third-order valence-corrected chi connectivity index (χ3v) is 4.27. The zero-order chi connectivity index (χ0) is 14.8. The highest BCUT2D eigenvalue weighted by atomic mass is 19.2. The Morgan fingerprint density at radius 3 is 2.75 bits per heavy atom. The first-order chi connectivity index (χ1) is 9.44. The minimum absolute atomic E-state index is 0.0383. The molecule has 2 atom stereocenters. The lowest BCUT2D eigenvalue weighted by atomic mass is 9.76. The minimum atomic E-state index is -0.777. The summed E-state index contributed by atoms with van der Waals surface area (Å²) in [6.07, 6.45) is 1.40. The van der Waals surface area contributed by atoms with Gasteiger partial charge in [-0.3, -0.25) is 0 Å². The number of nitrogens with one attached hydrogen (secondary N) is 1. The largest absolute Gasteiger partial charge is 0.378 e. The van der Waals surface area contributed by atoms with Crippen LogP contribution < -0.4 is 5.32 Å². The molecule has 2 unspecified atom stereocenters. The number of hydrogen-bond donors (Lipinski definition) is 1. The fraction of sp³-hybridized carbons (Fsp3) is 0.625. The first kappa shape index (κ1) is 15.4. The number of ether oxygens (including phenoxy) is 1. The van der Waals surface area contributed by atoms with Crippen molar-refractivity contribution in [2.24, 2.45) is 5.41 Å². The van der Waals surface area contributed by atoms with Gasteiger partial charge in [-0.05, 0) is 31.4 Å². The zero-order valence-electron chi connectivity index (χ0n) is 12.4. The lowest BCUT2D eigenvalue weighted by molar-refractivity contribution is 0.0616. The molecule has 0 aromatic heterocycles. The van der Waals surface area contributed by atoms with E-state index < -0.39 is 11.6 Å². The van der Waals surface area contributed by atoms with Gasteiger partial charge in [-0.2, -0.15) is 0 Å². The van der Waals surface area contributed by atoms with Crippen LogP contribution in [0.25, 0.3) is 0 Å². The topological polar surface area (TPSA) is 21.3 Å². The van der Waals surface area contributed by atoms with Gasteiger partial charge in [0.1, 0.15) is 0 Å². The maximum atomic E-state index is 13.9. The average molecular weight is 283 g/mol. The number of halogens is 2. The maximum absolute atomic E-state index is 13.9. The predicted octanol–water partition coefficient (Wildman–Crippen LogP) is 3.30. The lowest BCUT2D eigenvalue weighted by Gasteiger charge is -2.33. The van der Waals surface area contributed by atoms with E-state index in [2.05, 4.69) is 19.2 Å². The van der Waals surface area contributed by atoms with Crippen molar-refractivity contribution < 1.29 is 13.5 Å². The smallest absolute Gasteiger partial charge is 0.162 e. The molecule has 1 aliphatic rings. The van der Waals surface area contributed by atoms with Crippen molar-refractivity contribution in [3.05, 3.63) is 35.4 Å². The Hall–Kier alpha value is -1.00. The Kier molecular flexibility index (Phi) is 4.76. The molecule has 1 fully saturated rings. The first-order valence-corrected chi connectivity index (χ1v) is 7.22. The van der Waals surface area contributed by atoms with E-state index in [9.17, 15) is 8.78 Å². The van der Waals surface area contributed by atoms with Crippen LogP contribution in [0.2, 0.25) is 0 Å². The monoisotopic (exact) mass is 283 g/mol. The van der Waals surface area contributed by atoms with E-state index in [1.165, 1.54) is 0 Å². The van der Waals surface area contributed by atoms with Gasteiger partial charge in [0.2, 0.25) is 0 Å². The van der Waals surface area contributed by atoms with Crippen LogP contribution in [-0.2, 0) is 11.2 Å². The highest BCUT2D eigenvalue weighted by molar-refractivity contribution is 5.21. The molecule has 2 nitrogen and oxygen atoms in total. The quantitative estimate of drug-likeness (QED) is 0.895. The van der Waals surface area contributed by atoms with Gasteiger partial charge in [-0.15, -0.1) is 0 Å². The predicted molar refractivity (Wildman–Crippen MR) is 75.7 cm³/mol. The van der Waals surface area contributed by atoms with E-state index in [0.717, 1.165) is 19.0 Å². The zero-order valence-corrected chi connectivity index (χ0v) is 12.4. The Balaban J connectivity index is 2.22. The SMILES string of the molecule is CC(C)NCC1(Cc2cccc(F)c2F)CCOC1C. The van der Waals surface area contributed by atoms with Gasteiger partial charge in [-0.25, -0.2) is 8.78 Å². The molecule has 4 heteroatoms. The van der Waals surface area contributed by atoms with Crippen molar-refractivity contribution >= 4 is 0 Å². The van der Waals surface area contributed by atoms with E-state index in [0.29, 0.717) is 24.6 Å². The molecule has 20 heavy (non-hydrogen) atoms. The van der Waals surface area contributed by atoms with Crippen LogP contribution in [0.3, 0.4) is 0 Å². The third kappa shape index (κ3) is 3.18. The minimum Gasteiger partial charge on any atom is -0.378 e. The molecular formula is C16H23F2NO. The Morgan fingerprint density at radius 1 is 1.40 bits per heavy atom. The summed E-state index contributed by atoms with van der Waals surface area (Å²) in [5, 5.41) is 3.42. The summed E-state index contributed by atoms with van der Waals surface area (Å²) >= 11 is 0. The molecule has 0 amide bonds. The second kappa shape index (κ2) is 6.19. The summed E-state index contributed by atoms with van der Waals surface area (Å²) in [7, 11) is 0. The molecule has 2 rings (SSSR count). The average Bonchev–Trinajstić information content (AvgIpc) is 2.75. The molecule has 1 aliphatic heterocycles. The van der Waals surface area contributed by atoms with Gasteiger partial charge in [0.05, 0.1) is 6.10 Å². The third-order valence-electron chi connectivity index (χ3n) is 4.27.